The number of benzene rings is 1. The third-order valence-electron chi connectivity index (χ3n) is 4.96. The molecule has 1 aromatic heterocycles. The Balaban J connectivity index is 1.83. The molecule has 0 aliphatic carbocycles. The van der Waals surface area contributed by atoms with Crippen LogP contribution in [0.2, 0.25) is 0 Å². The maximum atomic E-state index is 14.1. The molecule has 168 valence electrons. The van der Waals surface area contributed by atoms with Gasteiger partial charge in [0.2, 0.25) is 0 Å². The summed E-state index contributed by atoms with van der Waals surface area (Å²) in [5.74, 6) is 0.842. The van der Waals surface area contributed by atoms with Gasteiger partial charge in [-0.1, -0.05) is 17.4 Å². The Kier molecular flexibility index (Phi) is 7.50. The van der Waals surface area contributed by atoms with Crippen LogP contribution in [0.15, 0.2) is 23.2 Å². The van der Waals surface area contributed by atoms with Gasteiger partial charge in [0, 0.05) is 39.4 Å². The zero-order chi connectivity index (χ0) is 23.3. The Hall–Kier alpha value is -3.36. The number of aromatic nitrogens is 1. The predicted molar refractivity (Wildman–Crippen MR) is 122 cm³/mol. The van der Waals surface area contributed by atoms with Gasteiger partial charge in [-0.2, -0.15) is 0 Å². The average Bonchev–Trinajstić information content (AvgIpc) is 3.00. The second kappa shape index (κ2) is 10.3. The van der Waals surface area contributed by atoms with Crippen LogP contribution in [-0.2, 0) is 0 Å². The number of amides is 1. The molecule has 1 saturated heterocycles. The normalized spacial score (nSPS) is 17.9. The molecule has 0 spiro atoms. The number of carbonyl (C=O) groups excluding carboxylic acids is 1. The van der Waals surface area contributed by atoms with Crippen molar-refractivity contribution in [3.05, 3.63) is 35.5 Å². The summed E-state index contributed by atoms with van der Waals surface area (Å²) >= 11 is 0.805. The summed E-state index contributed by atoms with van der Waals surface area (Å²) < 4.78 is 28.2. The number of carbonyl (C=O) groups is 1. The number of thiazole rings is 1. The minimum Gasteiger partial charge on any atom is -0.389 e. The number of hydrogen-bond acceptors (Lipinski definition) is 7. The van der Waals surface area contributed by atoms with Crippen LogP contribution in [0.25, 0.3) is 10.6 Å². The lowest BCUT2D eigenvalue weighted by atomic mass is 10.1. The van der Waals surface area contributed by atoms with Crippen LogP contribution in [0.1, 0.15) is 10.5 Å². The van der Waals surface area contributed by atoms with Crippen LogP contribution in [0.3, 0.4) is 0 Å². The van der Waals surface area contributed by atoms with E-state index in [1.54, 1.807) is 7.05 Å². The van der Waals surface area contributed by atoms with Crippen LogP contribution in [0, 0.1) is 35.3 Å². The summed E-state index contributed by atoms with van der Waals surface area (Å²) in [6.07, 6.45) is 6.63. The van der Waals surface area contributed by atoms with Crippen LogP contribution in [-0.4, -0.2) is 67.1 Å². The number of nitrogen functional groups attached to an aromatic ring is 1. The minimum absolute atomic E-state index is 0.00485. The topological polar surface area (TPSA) is 119 Å². The average molecular weight is 460 g/mol. The number of halogens is 2. The Labute approximate surface area is 188 Å². The number of hydrogen-bond donors (Lipinski definition) is 4. The first-order valence-electron chi connectivity index (χ1n) is 9.80. The fraction of sp³-hybridized carbons (Fsp3) is 0.333. The molecule has 8 nitrogen and oxygen atoms in total. The molecule has 0 radical (unpaired) electrons. The lowest BCUT2D eigenvalue weighted by Crippen LogP contribution is -2.51. The van der Waals surface area contributed by atoms with Crippen molar-refractivity contribution in [2.75, 3.05) is 39.0 Å². The van der Waals surface area contributed by atoms with Crippen LogP contribution in [0.5, 0.6) is 0 Å². The third kappa shape index (κ3) is 4.92. The van der Waals surface area contributed by atoms with Gasteiger partial charge >= 0.3 is 0 Å². The summed E-state index contributed by atoms with van der Waals surface area (Å²) in [4.78, 5) is 23.1. The molecular formula is C21H23F2N7OS. The van der Waals surface area contributed by atoms with Gasteiger partial charge < -0.3 is 26.7 Å². The molecule has 11 heteroatoms. The van der Waals surface area contributed by atoms with Gasteiger partial charge in [0.05, 0.1) is 11.5 Å². The van der Waals surface area contributed by atoms with Gasteiger partial charge in [-0.3, -0.25) is 9.79 Å². The van der Waals surface area contributed by atoms with Gasteiger partial charge in [-0.05, 0) is 12.1 Å². The number of terminal acetylenes is 1. The number of amidine groups is 1. The van der Waals surface area contributed by atoms with E-state index < -0.39 is 23.6 Å². The second-order valence-electron chi connectivity index (χ2n) is 7.04. The zero-order valence-corrected chi connectivity index (χ0v) is 18.2. The largest absolute Gasteiger partial charge is 0.389 e. The molecule has 1 aliphatic heterocycles. The highest BCUT2D eigenvalue weighted by Gasteiger charge is 2.28. The van der Waals surface area contributed by atoms with Gasteiger partial charge in [0.1, 0.15) is 33.5 Å². The molecule has 1 amide bonds. The summed E-state index contributed by atoms with van der Waals surface area (Å²) in [7, 11) is 1.57. The van der Waals surface area contributed by atoms with E-state index in [4.69, 9.17) is 17.6 Å². The maximum Gasteiger partial charge on any atom is 0.273 e. The first kappa shape index (κ1) is 23.3. The molecule has 3 rings (SSSR count). The Morgan fingerprint density at radius 3 is 2.88 bits per heavy atom. The number of nitrogens with zero attached hydrogens (tertiary/aromatic N) is 3. The first-order valence-corrected chi connectivity index (χ1v) is 10.6. The highest BCUT2D eigenvalue weighted by atomic mass is 32.1. The molecule has 2 heterocycles. The predicted octanol–water partition coefficient (Wildman–Crippen LogP) is 1.60. The molecule has 5 N–H and O–H groups in total. The molecule has 2 unspecified atom stereocenters. The van der Waals surface area contributed by atoms with Crippen molar-refractivity contribution in [2.24, 2.45) is 10.9 Å². The van der Waals surface area contributed by atoms with E-state index in [9.17, 15) is 13.6 Å². The van der Waals surface area contributed by atoms with E-state index in [1.165, 1.54) is 6.07 Å². The lowest BCUT2D eigenvalue weighted by Gasteiger charge is -2.29. The number of anilines is 1. The molecule has 1 aromatic carbocycles. The number of rotatable bonds is 5. The Morgan fingerprint density at radius 1 is 1.53 bits per heavy atom. The van der Waals surface area contributed by atoms with Crippen LogP contribution >= 0.6 is 11.3 Å². The summed E-state index contributed by atoms with van der Waals surface area (Å²) in [6, 6.07) is 2.58. The van der Waals surface area contributed by atoms with Gasteiger partial charge in [-0.15, -0.1) is 12.3 Å². The smallest absolute Gasteiger partial charge is 0.273 e. The van der Waals surface area contributed by atoms with Crippen molar-refractivity contribution in [3.63, 3.8) is 0 Å². The molecule has 1 aliphatic rings. The van der Waals surface area contributed by atoms with Gasteiger partial charge in [0.15, 0.2) is 5.69 Å². The molecule has 2 aromatic rings. The van der Waals surface area contributed by atoms with Crippen molar-refractivity contribution < 1.29 is 13.6 Å². The Bertz CT molecular complexity index is 1060. The van der Waals surface area contributed by atoms with Gasteiger partial charge in [-0.25, -0.2) is 13.8 Å². The highest BCUT2D eigenvalue weighted by molar-refractivity contribution is 7.19. The number of aliphatic imine (C=N–C) groups is 1. The second-order valence-corrected chi connectivity index (χ2v) is 8.07. The van der Waals surface area contributed by atoms with Crippen LogP contribution in [0.4, 0.5) is 13.8 Å². The van der Waals surface area contributed by atoms with Crippen molar-refractivity contribution in [1.82, 2.24) is 20.5 Å². The monoisotopic (exact) mass is 459 g/mol. The fourth-order valence-corrected chi connectivity index (χ4v) is 4.28. The molecule has 32 heavy (non-hydrogen) atoms. The van der Waals surface area contributed by atoms with E-state index in [0.717, 1.165) is 29.7 Å². The van der Waals surface area contributed by atoms with E-state index in [-0.39, 0.29) is 27.2 Å². The van der Waals surface area contributed by atoms with Crippen molar-refractivity contribution in [3.8, 4) is 22.9 Å². The molecule has 1 fully saturated rings. The fourth-order valence-electron chi connectivity index (χ4n) is 3.40. The standard InChI is InChI=1S/C21H23F2N7OS/c1-3-12-10-27-7-8-30(11-12)19(26-2)15(9-24)28-20(31)17-18(25)32-21(29-17)16-13(22)5-4-6-14(16)23/h1,4-6,9,12,15,24,27H,7-8,10-11,25H2,2H3,(H,28,31). The quantitative estimate of drug-likeness (QED) is 0.308. The van der Waals surface area contributed by atoms with Crippen molar-refractivity contribution >= 4 is 34.3 Å². The number of nitrogens with one attached hydrogen (secondary N) is 3. The van der Waals surface area contributed by atoms with E-state index >= 15 is 0 Å². The third-order valence-corrected chi connectivity index (χ3v) is 5.86. The minimum atomic E-state index is -0.862. The van der Waals surface area contributed by atoms with Crippen molar-refractivity contribution in [2.45, 2.75) is 6.04 Å². The molecule has 0 saturated carbocycles. The summed E-state index contributed by atoms with van der Waals surface area (Å²) in [5, 5.41) is 13.7. The zero-order valence-electron chi connectivity index (χ0n) is 17.4. The van der Waals surface area contributed by atoms with Gasteiger partial charge in [0.25, 0.3) is 5.91 Å². The van der Waals surface area contributed by atoms with E-state index in [0.29, 0.717) is 32.0 Å². The highest BCUT2D eigenvalue weighted by Crippen LogP contribution is 2.33. The van der Waals surface area contributed by atoms with Crippen molar-refractivity contribution in [1.29, 1.82) is 5.41 Å². The summed E-state index contributed by atoms with van der Waals surface area (Å²) in [6.45, 7) is 2.45. The SMILES string of the molecule is C#CC1CNCCN(C(=NC)C(C=N)NC(=O)c2nc(-c3c(F)cccc3F)sc2N)C1. The maximum absolute atomic E-state index is 14.1. The van der Waals surface area contributed by atoms with Crippen LogP contribution < -0.4 is 16.4 Å². The Morgan fingerprint density at radius 2 is 2.25 bits per heavy atom. The lowest BCUT2D eigenvalue weighted by molar-refractivity contribution is 0.0949. The number of nitrogens with two attached hydrogens (primary N) is 1. The molecule has 2 atom stereocenters. The molecule has 0 bridgehead atoms. The summed E-state index contributed by atoms with van der Waals surface area (Å²) in [5.41, 5.74) is 5.41. The first-order chi connectivity index (χ1) is 15.4. The molecular weight excluding hydrogens is 436 g/mol. The van der Waals surface area contributed by atoms with E-state index in [2.05, 4.69) is 26.5 Å². The van der Waals surface area contributed by atoms with E-state index in [1.807, 2.05) is 4.90 Å².